The third-order valence-corrected chi connectivity index (χ3v) is 6.04. The molecule has 0 aliphatic carbocycles. The molecular weight excluding hydrogens is 423 g/mol. The van der Waals surface area contributed by atoms with Gasteiger partial charge in [0.05, 0.1) is 13.0 Å². The fourth-order valence-electron chi connectivity index (χ4n) is 3.56. The van der Waals surface area contributed by atoms with Crippen LogP contribution in [0.4, 0.5) is 0 Å². The molecule has 0 bridgehead atoms. The molecule has 1 aliphatic rings. The van der Waals surface area contributed by atoms with Crippen LogP contribution >= 0.6 is 23.2 Å². The number of carbonyl (C=O) groups excluding carboxylic acids is 1. The highest BCUT2D eigenvalue weighted by Crippen LogP contribution is 2.25. The second-order valence-electron chi connectivity index (χ2n) is 7.36. The van der Waals surface area contributed by atoms with Gasteiger partial charge >= 0.3 is 0 Å². The van der Waals surface area contributed by atoms with Crippen molar-refractivity contribution in [1.29, 1.82) is 0 Å². The van der Waals surface area contributed by atoms with Crippen molar-refractivity contribution in [3.63, 3.8) is 0 Å². The van der Waals surface area contributed by atoms with Gasteiger partial charge in [0.25, 0.3) is 0 Å². The molecule has 0 saturated carbocycles. The summed E-state index contributed by atoms with van der Waals surface area (Å²) in [4.78, 5) is 21.3. The van der Waals surface area contributed by atoms with Crippen molar-refractivity contribution in [3.05, 3.63) is 69.5 Å². The van der Waals surface area contributed by atoms with Crippen molar-refractivity contribution in [2.45, 2.75) is 19.9 Å². The molecule has 1 amide bonds. The van der Waals surface area contributed by atoms with E-state index in [-0.39, 0.29) is 12.3 Å². The molecule has 1 fully saturated rings. The number of piperazine rings is 1. The molecule has 3 aromatic rings. The van der Waals surface area contributed by atoms with Gasteiger partial charge in [-0.25, -0.2) is 0 Å². The van der Waals surface area contributed by atoms with Crippen LogP contribution in [-0.4, -0.2) is 52.0 Å². The Labute approximate surface area is 185 Å². The van der Waals surface area contributed by atoms with Gasteiger partial charge in [-0.05, 0) is 30.2 Å². The van der Waals surface area contributed by atoms with Crippen molar-refractivity contribution in [1.82, 2.24) is 19.9 Å². The molecule has 1 aliphatic heterocycles. The summed E-state index contributed by atoms with van der Waals surface area (Å²) in [5, 5.41) is 5.16. The molecule has 0 unspecified atom stereocenters. The monoisotopic (exact) mass is 444 g/mol. The fourth-order valence-corrected chi connectivity index (χ4v) is 4.09. The van der Waals surface area contributed by atoms with Crippen LogP contribution in [0.3, 0.4) is 0 Å². The van der Waals surface area contributed by atoms with Gasteiger partial charge in [-0.2, -0.15) is 4.98 Å². The van der Waals surface area contributed by atoms with Gasteiger partial charge in [-0.1, -0.05) is 58.7 Å². The van der Waals surface area contributed by atoms with Gasteiger partial charge in [0.1, 0.15) is 0 Å². The molecule has 2 heterocycles. The summed E-state index contributed by atoms with van der Waals surface area (Å²) >= 11 is 12.4. The predicted octanol–water partition coefficient (Wildman–Crippen LogP) is 4.24. The molecule has 1 saturated heterocycles. The zero-order chi connectivity index (χ0) is 21.1. The summed E-state index contributed by atoms with van der Waals surface area (Å²) in [7, 11) is 0. The van der Waals surface area contributed by atoms with Crippen molar-refractivity contribution in [3.8, 4) is 11.4 Å². The summed E-state index contributed by atoms with van der Waals surface area (Å²) in [6.45, 7) is 5.35. The van der Waals surface area contributed by atoms with Crippen LogP contribution in [0.1, 0.15) is 17.0 Å². The normalized spacial score (nSPS) is 14.8. The predicted molar refractivity (Wildman–Crippen MR) is 116 cm³/mol. The molecule has 0 N–H and O–H groups in total. The standard InChI is InChI=1S/C22H22Cl2N4O2/c1-15-5-2-3-6-16(15)22-25-20(30-26-22)14-27-9-11-28(12-10-27)21(29)13-17-18(23)7-4-8-19(17)24/h2-8H,9-14H2,1H3. The maximum absolute atomic E-state index is 12.7. The maximum atomic E-state index is 12.7. The maximum Gasteiger partial charge on any atom is 0.241 e. The van der Waals surface area contributed by atoms with Crippen LogP contribution in [0.5, 0.6) is 0 Å². The Morgan fingerprint density at radius 3 is 2.43 bits per heavy atom. The number of aromatic nitrogens is 2. The summed E-state index contributed by atoms with van der Waals surface area (Å²) in [6.07, 6.45) is 0.210. The van der Waals surface area contributed by atoms with E-state index in [2.05, 4.69) is 15.0 Å². The minimum Gasteiger partial charge on any atom is -0.340 e. The van der Waals surface area contributed by atoms with Crippen LogP contribution in [0.15, 0.2) is 47.0 Å². The van der Waals surface area contributed by atoms with Crippen LogP contribution in [0, 0.1) is 6.92 Å². The second kappa shape index (κ2) is 9.16. The molecule has 4 rings (SSSR count). The SMILES string of the molecule is Cc1ccccc1-c1noc(CN2CCN(C(=O)Cc3c(Cl)cccc3Cl)CC2)n1. The summed E-state index contributed by atoms with van der Waals surface area (Å²) in [6, 6.07) is 13.2. The van der Waals surface area contributed by atoms with Gasteiger partial charge < -0.3 is 9.42 Å². The average molecular weight is 445 g/mol. The van der Waals surface area contributed by atoms with Gasteiger partial charge in [0.2, 0.25) is 17.6 Å². The topological polar surface area (TPSA) is 62.5 Å². The van der Waals surface area contributed by atoms with Crippen molar-refractivity contribution < 1.29 is 9.32 Å². The van der Waals surface area contributed by atoms with E-state index in [1.807, 2.05) is 36.1 Å². The smallest absolute Gasteiger partial charge is 0.241 e. The Balaban J connectivity index is 1.32. The molecule has 2 aromatic carbocycles. The number of hydrogen-bond donors (Lipinski definition) is 0. The molecule has 1 aromatic heterocycles. The van der Waals surface area contributed by atoms with Gasteiger partial charge in [-0.3, -0.25) is 9.69 Å². The average Bonchev–Trinajstić information content (AvgIpc) is 3.20. The van der Waals surface area contributed by atoms with Crippen LogP contribution in [0.25, 0.3) is 11.4 Å². The first-order valence-electron chi connectivity index (χ1n) is 9.83. The Morgan fingerprint density at radius 2 is 1.73 bits per heavy atom. The number of amides is 1. The highest BCUT2D eigenvalue weighted by atomic mass is 35.5. The number of nitrogens with zero attached hydrogens (tertiary/aromatic N) is 4. The molecule has 0 spiro atoms. The molecular formula is C22H22Cl2N4O2. The zero-order valence-electron chi connectivity index (χ0n) is 16.6. The van der Waals surface area contributed by atoms with Crippen LogP contribution < -0.4 is 0 Å². The third kappa shape index (κ3) is 4.67. The van der Waals surface area contributed by atoms with Crippen LogP contribution in [-0.2, 0) is 17.8 Å². The summed E-state index contributed by atoms with van der Waals surface area (Å²) in [5.41, 5.74) is 2.76. The molecule has 0 radical (unpaired) electrons. The van der Waals surface area contributed by atoms with E-state index in [0.717, 1.165) is 24.2 Å². The van der Waals surface area contributed by atoms with E-state index in [4.69, 9.17) is 27.7 Å². The highest BCUT2D eigenvalue weighted by molar-refractivity contribution is 6.36. The fraction of sp³-hybridized carbons (Fsp3) is 0.318. The lowest BCUT2D eigenvalue weighted by atomic mass is 10.1. The van der Waals surface area contributed by atoms with E-state index in [1.54, 1.807) is 18.2 Å². The number of aryl methyl sites for hydroxylation is 1. The van der Waals surface area contributed by atoms with E-state index in [1.165, 1.54) is 0 Å². The second-order valence-corrected chi connectivity index (χ2v) is 8.17. The molecule has 8 heteroatoms. The Morgan fingerprint density at radius 1 is 1.03 bits per heavy atom. The Kier molecular flexibility index (Phi) is 6.37. The van der Waals surface area contributed by atoms with E-state index >= 15 is 0 Å². The number of benzene rings is 2. The quantitative estimate of drug-likeness (QED) is 0.588. The minimum atomic E-state index is 0.0317. The van der Waals surface area contributed by atoms with E-state index in [9.17, 15) is 4.79 Å². The van der Waals surface area contributed by atoms with Crippen molar-refractivity contribution in [2.75, 3.05) is 26.2 Å². The Bertz CT molecular complexity index is 1020. The summed E-state index contributed by atoms with van der Waals surface area (Å²) < 4.78 is 5.44. The highest BCUT2D eigenvalue weighted by Gasteiger charge is 2.24. The third-order valence-electron chi connectivity index (χ3n) is 5.33. The number of hydrogen-bond acceptors (Lipinski definition) is 5. The van der Waals surface area contributed by atoms with Gasteiger partial charge in [0.15, 0.2) is 0 Å². The first-order chi connectivity index (χ1) is 14.5. The van der Waals surface area contributed by atoms with E-state index < -0.39 is 0 Å². The molecule has 156 valence electrons. The van der Waals surface area contributed by atoms with E-state index in [0.29, 0.717) is 47.0 Å². The van der Waals surface area contributed by atoms with Gasteiger partial charge in [-0.15, -0.1) is 0 Å². The molecule has 0 atom stereocenters. The number of halogens is 2. The first-order valence-corrected chi connectivity index (χ1v) is 10.6. The minimum absolute atomic E-state index is 0.0317. The van der Waals surface area contributed by atoms with Gasteiger partial charge in [0, 0.05) is 41.8 Å². The molecule has 6 nitrogen and oxygen atoms in total. The lowest BCUT2D eigenvalue weighted by Crippen LogP contribution is -2.48. The lowest BCUT2D eigenvalue weighted by Gasteiger charge is -2.34. The largest absolute Gasteiger partial charge is 0.340 e. The number of carbonyl (C=O) groups is 1. The first kappa shape index (κ1) is 20.8. The Hall–Kier alpha value is -2.41. The summed E-state index contributed by atoms with van der Waals surface area (Å²) in [5.74, 6) is 1.22. The number of rotatable bonds is 5. The van der Waals surface area contributed by atoms with Crippen molar-refractivity contribution >= 4 is 29.1 Å². The molecule has 30 heavy (non-hydrogen) atoms. The van der Waals surface area contributed by atoms with Crippen LogP contribution in [0.2, 0.25) is 10.0 Å². The zero-order valence-corrected chi connectivity index (χ0v) is 18.2. The van der Waals surface area contributed by atoms with Crippen molar-refractivity contribution in [2.24, 2.45) is 0 Å². The lowest BCUT2D eigenvalue weighted by molar-refractivity contribution is -0.132.